The minimum absolute atomic E-state index is 0.0224. The quantitative estimate of drug-likeness (QED) is 0.684. The molecule has 2 N–H and O–H groups in total. The number of aliphatic hydroxyl groups excluding tert-OH is 1. The van der Waals surface area contributed by atoms with Gasteiger partial charge in [0.05, 0.1) is 12.7 Å². The van der Waals surface area contributed by atoms with Crippen LogP contribution in [0.2, 0.25) is 0 Å². The molecule has 20 heavy (non-hydrogen) atoms. The lowest BCUT2D eigenvalue weighted by Gasteiger charge is -2.10. The minimum Gasteiger partial charge on any atom is -0.391 e. The summed E-state index contributed by atoms with van der Waals surface area (Å²) in [5, 5.41) is 12.2. The second-order valence-electron chi connectivity index (χ2n) is 4.66. The van der Waals surface area contributed by atoms with Crippen molar-refractivity contribution in [1.82, 2.24) is 5.32 Å². The van der Waals surface area contributed by atoms with E-state index in [1.807, 2.05) is 0 Å². The van der Waals surface area contributed by atoms with E-state index in [1.54, 1.807) is 18.9 Å². The maximum atomic E-state index is 11.6. The lowest BCUT2D eigenvalue weighted by Crippen LogP contribution is -2.28. The lowest BCUT2D eigenvalue weighted by atomic mass is 10.2. The van der Waals surface area contributed by atoms with Gasteiger partial charge in [0.1, 0.15) is 0 Å². The van der Waals surface area contributed by atoms with E-state index in [0.29, 0.717) is 26.0 Å². The minimum atomic E-state index is -0.512. The number of rotatable bonds is 9. The lowest BCUT2D eigenvalue weighted by molar-refractivity contribution is -0.120. The largest absolute Gasteiger partial charge is 0.391 e. The Morgan fingerprint density at radius 1 is 1.40 bits per heavy atom. The standard InChI is InChI=1S/C15H23NO3S/c1-12-3-5-14(6-4-12)20-10-8-15(18)16-9-7-13(17)11-19-2/h3-6,13,17H,7-11H2,1-2H3,(H,16,18). The number of thioether (sulfide) groups is 1. The van der Waals surface area contributed by atoms with Gasteiger partial charge >= 0.3 is 0 Å². The molecule has 112 valence electrons. The highest BCUT2D eigenvalue weighted by molar-refractivity contribution is 7.99. The van der Waals surface area contributed by atoms with Crippen molar-refractivity contribution in [2.24, 2.45) is 0 Å². The molecule has 0 saturated carbocycles. The summed E-state index contributed by atoms with van der Waals surface area (Å²) >= 11 is 1.68. The van der Waals surface area contributed by atoms with E-state index >= 15 is 0 Å². The molecule has 1 unspecified atom stereocenters. The Bertz CT molecular complexity index is 395. The number of aliphatic hydroxyl groups is 1. The second-order valence-corrected chi connectivity index (χ2v) is 5.83. The van der Waals surface area contributed by atoms with Crippen LogP contribution in [-0.4, -0.2) is 43.1 Å². The highest BCUT2D eigenvalue weighted by Crippen LogP contribution is 2.18. The van der Waals surface area contributed by atoms with E-state index < -0.39 is 6.10 Å². The predicted molar refractivity (Wildman–Crippen MR) is 82.0 cm³/mol. The predicted octanol–water partition coefficient (Wildman–Crippen LogP) is 1.99. The number of aryl methyl sites for hydroxylation is 1. The van der Waals surface area contributed by atoms with E-state index in [9.17, 15) is 9.90 Å². The van der Waals surface area contributed by atoms with Crippen LogP contribution < -0.4 is 5.32 Å². The number of ether oxygens (including phenoxy) is 1. The summed E-state index contributed by atoms with van der Waals surface area (Å²) in [4.78, 5) is 12.8. The zero-order valence-corrected chi connectivity index (χ0v) is 12.9. The molecule has 0 heterocycles. The van der Waals surface area contributed by atoms with E-state index in [1.165, 1.54) is 10.5 Å². The molecule has 0 aliphatic carbocycles. The summed E-state index contributed by atoms with van der Waals surface area (Å²) in [6.45, 7) is 2.84. The van der Waals surface area contributed by atoms with Crippen molar-refractivity contribution < 1.29 is 14.6 Å². The molecule has 0 saturated heterocycles. The van der Waals surface area contributed by atoms with Gasteiger partial charge in [-0.05, 0) is 25.5 Å². The van der Waals surface area contributed by atoms with E-state index in [-0.39, 0.29) is 5.91 Å². The number of nitrogens with one attached hydrogen (secondary N) is 1. The maximum Gasteiger partial charge on any atom is 0.220 e. The number of methoxy groups -OCH3 is 1. The van der Waals surface area contributed by atoms with Crippen LogP contribution in [0.15, 0.2) is 29.2 Å². The molecular formula is C15H23NO3S. The number of hydrogen-bond acceptors (Lipinski definition) is 4. The van der Waals surface area contributed by atoms with E-state index in [2.05, 4.69) is 36.5 Å². The maximum absolute atomic E-state index is 11.6. The Morgan fingerprint density at radius 2 is 2.10 bits per heavy atom. The van der Waals surface area contributed by atoms with Crippen molar-refractivity contribution in [1.29, 1.82) is 0 Å². The summed E-state index contributed by atoms with van der Waals surface area (Å²) in [6.07, 6.45) is 0.492. The molecule has 1 aromatic rings. The molecule has 0 fully saturated rings. The normalized spacial score (nSPS) is 12.2. The first-order valence-corrected chi connectivity index (χ1v) is 7.73. The summed E-state index contributed by atoms with van der Waals surface area (Å²) in [6, 6.07) is 8.28. The molecule has 1 atom stereocenters. The van der Waals surface area contributed by atoms with Gasteiger partial charge in [0.25, 0.3) is 0 Å². The number of amides is 1. The van der Waals surface area contributed by atoms with Gasteiger partial charge in [-0.3, -0.25) is 4.79 Å². The number of hydrogen-bond donors (Lipinski definition) is 2. The van der Waals surface area contributed by atoms with Crippen LogP contribution in [0, 0.1) is 6.92 Å². The Morgan fingerprint density at radius 3 is 2.75 bits per heavy atom. The Balaban J connectivity index is 2.09. The van der Waals surface area contributed by atoms with Crippen molar-refractivity contribution >= 4 is 17.7 Å². The number of carbonyl (C=O) groups excluding carboxylic acids is 1. The van der Waals surface area contributed by atoms with Gasteiger partial charge in [-0.25, -0.2) is 0 Å². The third-order valence-electron chi connectivity index (χ3n) is 2.78. The molecule has 1 rings (SSSR count). The molecule has 1 aromatic carbocycles. The first-order valence-electron chi connectivity index (χ1n) is 6.75. The van der Waals surface area contributed by atoms with Gasteiger partial charge in [-0.2, -0.15) is 0 Å². The summed E-state index contributed by atoms with van der Waals surface area (Å²) in [5.41, 5.74) is 1.24. The Labute approximate surface area is 124 Å². The molecule has 0 spiro atoms. The zero-order valence-electron chi connectivity index (χ0n) is 12.1. The molecule has 5 heteroatoms. The van der Waals surface area contributed by atoms with Gasteiger partial charge in [-0.15, -0.1) is 11.8 Å². The molecule has 4 nitrogen and oxygen atoms in total. The highest BCUT2D eigenvalue weighted by atomic mass is 32.2. The fraction of sp³-hybridized carbons (Fsp3) is 0.533. The van der Waals surface area contributed by atoms with Crippen LogP contribution in [-0.2, 0) is 9.53 Å². The molecule has 0 aromatic heterocycles. The fourth-order valence-electron chi connectivity index (χ4n) is 1.64. The fourth-order valence-corrected chi connectivity index (χ4v) is 2.49. The van der Waals surface area contributed by atoms with E-state index in [4.69, 9.17) is 4.74 Å². The zero-order chi connectivity index (χ0) is 14.8. The average molecular weight is 297 g/mol. The van der Waals surface area contributed by atoms with Gasteiger partial charge in [0.15, 0.2) is 0 Å². The van der Waals surface area contributed by atoms with Crippen molar-refractivity contribution in [2.75, 3.05) is 26.0 Å². The van der Waals surface area contributed by atoms with E-state index in [0.717, 1.165) is 5.75 Å². The van der Waals surface area contributed by atoms with Crippen molar-refractivity contribution in [3.05, 3.63) is 29.8 Å². The summed E-state index contributed by atoms with van der Waals surface area (Å²) in [7, 11) is 1.55. The molecule has 0 aliphatic rings. The van der Waals surface area contributed by atoms with Crippen molar-refractivity contribution in [2.45, 2.75) is 30.8 Å². The van der Waals surface area contributed by atoms with Crippen molar-refractivity contribution in [3.63, 3.8) is 0 Å². The van der Waals surface area contributed by atoms with Crippen LogP contribution in [0.1, 0.15) is 18.4 Å². The number of benzene rings is 1. The third-order valence-corrected chi connectivity index (χ3v) is 3.79. The third kappa shape index (κ3) is 7.53. The first kappa shape index (κ1) is 17.0. The first-order chi connectivity index (χ1) is 9.61. The van der Waals surface area contributed by atoms with Crippen LogP contribution in [0.3, 0.4) is 0 Å². The summed E-state index contributed by atoms with van der Waals surface area (Å²) in [5.74, 6) is 0.782. The smallest absolute Gasteiger partial charge is 0.220 e. The van der Waals surface area contributed by atoms with Gasteiger partial charge in [-0.1, -0.05) is 17.7 Å². The Hall–Kier alpha value is -1.04. The van der Waals surface area contributed by atoms with Crippen LogP contribution >= 0.6 is 11.8 Å². The number of carbonyl (C=O) groups is 1. The molecule has 0 radical (unpaired) electrons. The van der Waals surface area contributed by atoms with Gasteiger partial charge < -0.3 is 15.2 Å². The van der Waals surface area contributed by atoms with Crippen LogP contribution in [0.5, 0.6) is 0 Å². The van der Waals surface area contributed by atoms with Gasteiger partial charge in [0.2, 0.25) is 5.91 Å². The molecule has 1 amide bonds. The molecule has 0 aliphatic heterocycles. The second kappa shape index (κ2) is 9.80. The van der Waals surface area contributed by atoms with Crippen molar-refractivity contribution in [3.8, 4) is 0 Å². The van der Waals surface area contributed by atoms with Crippen LogP contribution in [0.4, 0.5) is 0 Å². The topological polar surface area (TPSA) is 58.6 Å². The molecule has 0 bridgehead atoms. The summed E-state index contributed by atoms with van der Waals surface area (Å²) < 4.78 is 4.82. The average Bonchev–Trinajstić information content (AvgIpc) is 2.41. The highest BCUT2D eigenvalue weighted by Gasteiger charge is 2.05. The Kier molecular flexibility index (Phi) is 8.34. The molecular weight excluding hydrogens is 274 g/mol. The van der Waals surface area contributed by atoms with Crippen LogP contribution in [0.25, 0.3) is 0 Å². The SMILES string of the molecule is COCC(O)CCNC(=O)CCSc1ccc(C)cc1. The van der Waals surface area contributed by atoms with Gasteiger partial charge in [0, 0.05) is 30.7 Å². The monoisotopic (exact) mass is 297 g/mol.